The summed E-state index contributed by atoms with van der Waals surface area (Å²) in [4.78, 5) is 12.9. The Kier molecular flexibility index (Phi) is 5.62. The molecular formula is C17H25NO3. The van der Waals surface area contributed by atoms with Crippen LogP contribution in [0.3, 0.4) is 0 Å². The summed E-state index contributed by atoms with van der Waals surface area (Å²) in [6.45, 7) is 3.01. The van der Waals surface area contributed by atoms with E-state index >= 15 is 0 Å². The van der Waals surface area contributed by atoms with Crippen LogP contribution in [0.5, 0.6) is 5.75 Å². The predicted molar refractivity (Wildman–Crippen MR) is 82.5 cm³/mol. The smallest absolute Gasteiger partial charge is 0.307 e. The zero-order chi connectivity index (χ0) is 15.2. The highest BCUT2D eigenvalue weighted by molar-refractivity contribution is 5.69. The molecule has 1 fully saturated rings. The maximum absolute atomic E-state index is 10.9. The zero-order valence-corrected chi connectivity index (χ0v) is 12.9. The van der Waals surface area contributed by atoms with Crippen molar-refractivity contribution in [1.82, 2.24) is 4.90 Å². The number of hydrogen-bond donors (Lipinski definition) is 1. The summed E-state index contributed by atoms with van der Waals surface area (Å²) < 4.78 is 6.00. The molecule has 4 nitrogen and oxygen atoms in total. The van der Waals surface area contributed by atoms with Crippen LogP contribution >= 0.6 is 0 Å². The number of benzene rings is 1. The van der Waals surface area contributed by atoms with E-state index in [0.717, 1.165) is 30.7 Å². The molecule has 1 saturated carbocycles. The summed E-state index contributed by atoms with van der Waals surface area (Å²) in [5.74, 6) is -0.174. The Morgan fingerprint density at radius 3 is 2.81 bits per heavy atom. The van der Waals surface area contributed by atoms with E-state index in [1.807, 2.05) is 24.1 Å². The SMILES string of the molecule is CC(CN(C)Cc1cccc(OC2CCCC2)c1)C(=O)O. The average Bonchev–Trinajstić information content (AvgIpc) is 2.91. The van der Waals surface area contributed by atoms with E-state index < -0.39 is 5.97 Å². The molecule has 1 unspecified atom stereocenters. The van der Waals surface area contributed by atoms with Crippen molar-refractivity contribution in [3.63, 3.8) is 0 Å². The number of ether oxygens (including phenoxy) is 1. The Labute approximate surface area is 126 Å². The van der Waals surface area contributed by atoms with Gasteiger partial charge in [0.05, 0.1) is 12.0 Å². The van der Waals surface area contributed by atoms with Crippen LogP contribution in [0.15, 0.2) is 24.3 Å². The van der Waals surface area contributed by atoms with E-state index in [1.54, 1.807) is 6.92 Å². The first kappa shape index (κ1) is 15.8. The van der Waals surface area contributed by atoms with Crippen LogP contribution in [-0.2, 0) is 11.3 Å². The second kappa shape index (κ2) is 7.46. The minimum Gasteiger partial charge on any atom is -0.490 e. The third-order valence-electron chi connectivity index (χ3n) is 3.96. The summed E-state index contributed by atoms with van der Waals surface area (Å²) in [6.07, 6.45) is 5.20. The summed E-state index contributed by atoms with van der Waals surface area (Å²) in [5.41, 5.74) is 1.16. The lowest BCUT2D eigenvalue weighted by Gasteiger charge is -2.20. The van der Waals surface area contributed by atoms with E-state index in [-0.39, 0.29) is 5.92 Å². The number of aliphatic carboxylic acids is 1. The number of nitrogens with zero attached hydrogens (tertiary/aromatic N) is 1. The van der Waals surface area contributed by atoms with Crippen molar-refractivity contribution in [2.24, 2.45) is 5.92 Å². The Bertz CT molecular complexity index is 469. The van der Waals surface area contributed by atoms with Gasteiger partial charge < -0.3 is 14.7 Å². The third kappa shape index (κ3) is 5.05. The minimum absolute atomic E-state index is 0.354. The van der Waals surface area contributed by atoms with Gasteiger partial charge in [0.1, 0.15) is 5.75 Å². The van der Waals surface area contributed by atoms with Crippen molar-refractivity contribution in [2.45, 2.75) is 45.3 Å². The van der Waals surface area contributed by atoms with Gasteiger partial charge in [0.25, 0.3) is 0 Å². The molecule has 1 aromatic carbocycles. The van der Waals surface area contributed by atoms with Gasteiger partial charge in [0.15, 0.2) is 0 Å². The molecule has 1 aliphatic carbocycles. The van der Waals surface area contributed by atoms with Gasteiger partial charge in [-0.05, 0) is 50.4 Å². The summed E-state index contributed by atoms with van der Waals surface area (Å²) in [5, 5.41) is 8.95. The number of carbonyl (C=O) groups is 1. The van der Waals surface area contributed by atoms with Crippen molar-refractivity contribution >= 4 is 5.97 Å². The Morgan fingerprint density at radius 1 is 1.43 bits per heavy atom. The molecule has 0 spiro atoms. The van der Waals surface area contributed by atoms with Crippen LogP contribution in [0.4, 0.5) is 0 Å². The second-order valence-electron chi connectivity index (χ2n) is 6.11. The van der Waals surface area contributed by atoms with Crippen molar-refractivity contribution in [3.05, 3.63) is 29.8 Å². The van der Waals surface area contributed by atoms with Crippen LogP contribution in [-0.4, -0.2) is 35.7 Å². The van der Waals surface area contributed by atoms with Gasteiger partial charge >= 0.3 is 5.97 Å². The van der Waals surface area contributed by atoms with Gasteiger partial charge in [-0.3, -0.25) is 4.79 Å². The Balaban J connectivity index is 1.89. The molecule has 2 rings (SSSR count). The lowest BCUT2D eigenvalue weighted by molar-refractivity contribution is -0.141. The molecular weight excluding hydrogens is 266 g/mol. The third-order valence-corrected chi connectivity index (χ3v) is 3.96. The lowest BCUT2D eigenvalue weighted by Crippen LogP contribution is -2.28. The van der Waals surface area contributed by atoms with Gasteiger partial charge in [-0.15, -0.1) is 0 Å². The maximum Gasteiger partial charge on any atom is 0.307 e. The lowest BCUT2D eigenvalue weighted by atomic mass is 10.1. The van der Waals surface area contributed by atoms with Crippen molar-refractivity contribution < 1.29 is 14.6 Å². The first-order chi connectivity index (χ1) is 10.0. The molecule has 1 N–H and O–H groups in total. The average molecular weight is 291 g/mol. The molecule has 0 amide bonds. The molecule has 0 aliphatic heterocycles. The van der Waals surface area contributed by atoms with Crippen LogP contribution in [0.1, 0.15) is 38.2 Å². The summed E-state index contributed by atoms with van der Waals surface area (Å²) >= 11 is 0. The fraction of sp³-hybridized carbons (Fsp3) is 0.588. The first-order valence-corrected chi connectivity index (χ1v) is 7.71. The monoisotopic (exact) mass is 291 g/mol. The van der Waals surface area contributed by atoms with Crippen molar-refractivity contribution in [3.8, 4) is 5.75 Å². The minimum atomic E-state index is -0.750. The van der Waals surface area contributed by atoms with Crippen LogP contribution in [0.2, 0.25) is 0 Å². The number of rotatable bonds is 7. The molecule has 0 saturated heterocycles. The normalized spacial score (nSPS) is 17.1. The fourth-order valence-corrected chi connectivity index (χ4v) is 2.84. The fourth-order valence-electron chi connectivity index (χ4n) is 2.84. The largest absolute Gasteiger partial charge is 0.490 e. The molecule has 1 aromatic rings. The quantitative estimate of drug-likeness (QED) is 0.838. The molecule has 0 bridgehead atoms. The molecule has 116 valence electrons. The first-order valence-electron chi connectivity index (χ1n) is 7.71. The Morgan fingerprint density at radius 2 is 2.14 bits per heavy atom. The van der Waals surface area contributed by atoms with E-state index in [0.29, 0.717) is 12.6 Å². The molecule has 0 heterocycles. The maximum atomic E-state index is 10.9. The van der Waals surface area contributed by atoms with Gasteiger partial charge in [-0.2, -0.15) is 0 Å². The number of hydrogen-bond acceptors (Lipinski definition) is 3. The number of carboxylic acids is 1. The predicted octanol–water partition coefficient (Wildman–Crippen LogP) is 3.16. The van der Waals surface area contributed by atoms with Crippen LogP contribution in [0.25, 0.3) is 0 Å². The van der Waals surface area contributed by atoms with E-state index in [1.165, 1.54) is 12.8 Å². The Hall–Kier alpha value is -1.55. The van der Waals surface area contributed by atoms with Gasteiger partial charge in [-0.25, -0.2) is 0 Å². The summed E-state index contributed by atoms with van der Waals surface area (Å²) in [7, 11) is 1.95. The highest BCUT2D eigenvalue weighted by Crippen LogP contribution is 2.24. The van der Waals surface area contributed by atoms with E-state index in [2.05, 4.69) is 12.1 Å². The standard InChI is InChI=1S/C17H25NO3/c1-13(17(19)20)11-18(2)12-14-6-5-9-16(10-14)21-15-7-3-4-8-15/h5-6,9-10,13,15H,3-4,7-8,11-12H2,1-2H3,(H,19,20). The van der Waals surface area contributed by atoms with E-state index in [4.69, 9.17) is 9.84 Å². The number of carboxylic acid groups (broad SMARTS) is 1. The second-order valence-corrected chi connectivity index (χ2v) is 6.11. The molecule has 21 heavy (non-hydrogen) atoms. The van der Waals surface area contributed by atoms with Gasteiger partial charge in [-0.1, -0.05) is 19.1 Å². The molecule has 0 radical (unpaired) electrons. The highest BCUT2D eigenvalue weighted by Gasteiger charge is 2.17. The topological polar surface area (TPSA) is 49.8 Å². The van der Waals surface area contributed by atoms with Gasteiger partial charge in [0, 0.05) is 13.1 Å². The van der Waals surface area contributed by atoms with Gasteiger partial charge in [0.2, 0.25) is 0 Å². The van der Waals surface area contributed by atoms with Crippen molar-refractivity contribution in [2.75, 3.05) is 13.6 Å². The highest BCUT2D eigenvalue weighted by atomic mass is 16.5. The van der Waals surface area contributed by atoms with Crippen molar-refractivity contribution in [1.29, 1.82) is 0 Å². The summed E-state index contributed by atoms with van der Waals surface area (Å²) in [6, 6.07) is 8.14. The molecule has 1 aliphatic rings. The van der Waals surface area contributed by atoms with Crippen LogP contribution in [0, 0.1) is 5.92 Å². The van der Waals surface area contributed by atoms with E-state index in [9.17, 15) is 4.79 Å². The molecule has 0 aromatic heterocycles. The zero-order valence-electron chi connectivity index (χ0n) is 12.9. The molecule has 4 heteroatoms. The molecule has 1 atom stereocenters. The van der Waals surface area contributed by atoms with Crippen LogP contribution < -0.4 is 4.74 Å².